The van der Waals surface area contributed by atoms with Crippen LogP contribution >= 0.6 is 0 Å². The summed E-state index contributed by atoms with van der Waals surface area (Å²) in [5, 5.41) is 3.36. The van der Waals surface area contributed by atoms with Crippen molar-refractivity contribution in [3.8, 4) is 0 Å². The molecule has 0 heterocycles. The van der Waals surface area contributed by atoms with Crippen LogP contribution in [0.3, 0.4) is 0 Å². The van der Waals surface area contributed by atoms with Gasteiger partial charge in [-0.3, -0.25) is 4.99 Å². The topological polar surface area (TPSA) is 46.1 Å². The van der Waals surface area contributed by atoms with Crippen molar-refractivity contribution in [1.29, 1.82) is 0 Å². The number of nitrogens with zero attached hydrogens (tertiary/aromatic N) is 2. The zero-order valence-corrected chi connectivity index (χ0v) is 14.2. The van der Waals surface area contributed by atoms with Crippen molar-refractivity contribution in [1.82, 2.24) is 10.2 Å². The summed E-state index contributed by atoms with van der Waals surface area (Å²) in [5.74, 6) is 2.36. The third kappa shape index (κ3) is 9.69. The van der Waals surface area contributed by atoms with Gasteiger partial charge in [0.15, 0.2) is 5.96 Å². The lowest BCUT2D eigenvalue weighted by atomic mass is 10.2. The molecule has 0 atom stereocenters. The Kier molecular flexibility index (Phi) is 9.42. The average Bonchev–Trinajstić information content (AvgIpc) is 3.26. The van der Waals surface area contributed by atoms with Gasteiger partial charge >= 0.3 is 0 Å². The third-order valence-electron chi connectivity index (χ3n) is 3.39. The Bertz CT molecular complexity index is 291. The van der Waals surface area contributed by atoms with Crippen LogP contribution in [0.1, 0.15) is 33.1 Å². The lowest BCUT2D eigenvalue weighted by molar-refractivity contribution is 0.108. The second kappa shape index (κ2) is 10.9. The molecule has 21 heavy (non-hydrogen) atoms. The molecular weight excluding hydrogens is 266 g/mol. The summed E-state index contributed by atoms with van der Waals surface area (Å²) in [7, 11) is 3.87. The maximum Gasteiger partial charge on any atom is 0.193 e. The number of guanidine groups is 1. The second-order valence-electron chi connectivity index (χ2n) is 6.24. The van der Waals surface area contributed by atoms with Gasteiger partial charge in [-0.1, -0.05) is 13.8 Å². The van der Waals surface area contributed by atoms with Crippen molar-refractivity contribution in [2.45, 2.75) is 33.1 Å². The Balaban J connectivity index is 2.00. The molecule has 5 nitrogen and oxygen atoms in total. The summed E-state index contributed by atoms with van der Waals surface area (Å²) in [5.41, 5.74) is 0. The Morgan fingerprint density at radius 1 is 1.29 bits per heavy atom. The minimum atomic E-state index is 0.604. The minimum absolute atomic E-state index is 0.604. The lowest BCUT2D eigenvalue weighted by Crippen LogP contribution is -2.41. The van der Waals surface area contributed by atoms with Crippen LogP contribution in [0.25, 0.3) is 0 Å². The first-order chi connectivity index (χ1) is 10.1. The first-order valence-electron chi connectivity index (χ1n) is 8.20. The van der Waals surface area contributed by atoms with Crippen LogP contribution in [0.5, 0.6) is 0 Å². The highest BCUT2D eigenvalue weighted by Crippen LogP contribution is 2.28. The molecule has 0 amide bonds. The van der Waals surface area contributed by atoms with E-state index in [0.29, 0.717) is 5.92 Å². The van der Waals surface area contributed by atoms with Gasteiger partial charge in [-0.25, -0.2) is 0 Å². The monoisotopic (exact) mass is 299 g/mol. The molecule has 0 bridgehead atoms. The van der Waals surface area contributed by atoms with Gasteiger partial charge in [0.25, 0.3) is 0 Å². The summed E-state index contributed by atoms with van der Waals surface area (Å²) in [6.07, 6.45) is 3.69. The Hall–Kier alpha value is -0.810. The Morgan fingerprint density at radius 3 is 2.67 bits per heavy atom. The number of rotatable bonds is 11. The van der Waals surface area contributed by atoms with E-state index in [4.69, 9.17) is 9.47 Å². The Labute approximate surface area is 130 Å². The van der Waals surface area contributed by atoms with E-state index >= 15 is 0 Å². The van der Waals surface area contributed by atoms with E-state index in [9.17, 15) is 0 Å². The highest BCUT2D eigenvalue weighted by atomic mass is 16.5. The molecule has 0 spiro atoms. The van der Waals surface area contributed by atoms with Gasteiger partial charge < -0.3 is 19.7 Å². The zero-order chi connectivity index (χ0) is 15.5. The molecule has 0 aliphatic heterocycles. The number of hydrogen-bond donors (Lipinski definition) is 1. The largest absolute Gasteiger partial charge is 0.381 e. The number of nitrogens with one attached hydrogen (secondary N) is 1. The van der Waals surface area contributed by atoms with Crippen LogP contribution in [0, 0.1) is 11.8 Å². The SMILES string of the molecule is CN=C(NCCCOCC(C)C)N(C)CCOCC1CC1. The quantitative estimate of drug-likeness (QED) is 0.360. The van der Waals surface area contributed by atoms with Crippen LogP contribution in [-0.2, 0) is 9.47 Å². The molecule has 1 aliphatic carbocycles. The fraction of sp³-hybridized carbons (Fsp3) is 0.938. The molecule has 1 fully saturated rings. The summed E-state index contributed by atoms with van der Waals surface area (Å²) in [6, 6.07) is 0. The molecular formula is C16H33N3O2. The molecule has 0 unspecified atom stereocenters. The molecule has 124 valence electrons. The highest BCUT2D eigenvalue weighted by molar-refractivity contribution is 5.79. The van der Waals surface area contributed by atoms with Crippen molar-refractivity contribution in [3.05, 3.63) is 0 Å². The van der Waals surface area contributed by atoms with Crippen LogP contribution in [0.4, 0.5) is 0 Å². The highest BCUT2D eigenvalue weighted by Gasteiger charge is 2.21. The molecule has 1 N–H and O–H groups in total. The lowest BCUT2D eigenvalue weighted by Gasteiger charge is -2.22. The first kappa shape index (κ1) is 18.2. The fourth-order valence-corrected chi connectivity index (χ4v) is 1.92. The maximum atomic E-state index is 5.66. The maximum absolute atomic E-state index is 5.66. The van der Waals surface area contributed by atoms with Gasteiger partial charge in [0.1, 0.15) is 0 Å². The van der Waals surface area contributed by atoms with Crippen molar-refractivity contribution < 1.29 is 9.47 Å². The van der Waals surface area contributed by atoms with E-state index in [2.05, 4.69) is 29.1 Å². The van der Waals surface area contributed by atoms with Gasteiger partial charge in [0, 0.05) is 47.0 Å². The van der Waals surface area contributed by atoms with Crippen LogP contribution in [-0.4, -0.2) is 64.5 Å². The zero-order valence-electron chi connectivity index (χ0n) is 14.2. The molecule has 0 aromatic rings. The smallest absolute Gasteiger partial charge is 0.193 e. The van der Waals surface area contributed by atoms with E-state index < -0.39 is 0 Å². The number of ether oxygens (including phenoxy) is 2. The molecule has 0 aromatic heterocycles. The summed E-state index contributed by atoms with van der Waals surface area (Å²) >= 11 is 0. The van der Waals surface area contributed by atoms with Gasteiger partial charge in [0.2, 0.25) is 0 Å². The minimum Gasteiger partial charge on any atom is -0.381 e. The van der Waals surface area contributed by atoms with Gasteiger partial charge in [-0.2, -0.15) is 0 Å². The second-order valence-corrected chi connectivity index (χ2v) is 6.24. The van der Waals surface area contributed by atoms with Gasteiger partial charge in [0.05, 0.1) is 6.61 Å². The molecule has 0 aromatic carbocycles. The van der Waals surface area contributed by atoms with E-state index in [1.54, 1.807) is 0 Å². The molecule has 1 rings (SSSR count). The molecule has 0 radical (unpaired) electrons. The standard InChI is InChI=1S/C16H33N3O2/c1-14(2)12-20-10-5-8-18-16(17-3)19(4)9-11-21-13-15-6-7-15/h14-15H,5-13H2,1-4H3,(H,17,18). The fourth-order valence-electron chi connectivity index (χ4n) is 1.92. The first-order valence-corrected chi connectivity index (χ1v) is 8.20. The van der Waals surface area contributed by atoms with Crippen LogP contribution < -0.4 is 5.32 Å². The van der Waals surface area contributed by atoms with Crippen LogP contribution in [0.15, 0.2) is 4.99 Å². The number of aliphatic imine (C=N–C) groups is 1. The third-order valence-corrected chi connectivity index (χ3v) is 3.39. The van der Waals surface area contributed by atoms with E-state index in [0.717, 1.165) is 57.8 Å². The van der Waals surface area contributed by atoms with E-state index in [1.807, 2.05) is 14.1 Å². The van der Waals surface area contributed by atoms with Crippen molar-refractivity contribution in [2.75, 3.05) is 53.6 Å². The predicted octanol–water partition coefficient (Wildman–Crippen LogP) is 1.98. The Morgan fingerprint density at radius 2 is 2.05 bits per heavy atom. The van der Waals surface area contributed by atoms with Crippen molar-refractivity contribution >= 4 is 5.96 Å². The molecule has 5 heteroatoms. The molecule has 1 aliphatic rings. The molecule has 1 saturated carbocycles. The average molecular weight is 299 g/mol. The summed E-state index contributed by atoms with van der Waals surface area (Å²) in [6.45, 7) is 9.43. The van der Waals surface area contributed by atoms with Gasteiger partial charge in [-0.05, 0) is 31.1 Å². The van der Waals surface area contributed by atoms with E-state index in [1.165, 1.54) is 12.8 Å². The summed E-state index contributed by atoms with van der Waals surface area (Å²) < 4.78 is 11.2. The number of likely N-dealkylation sites (N-methyl/N-ethyl adjacent to an activating group) is 1. The van der Waals surface area contributed by atoms with Gasteiger partial charge in [-0.15, -0.1) is 0 Å². The predicted molar refractivity (Wildman–Crippen MR) is 87.8 cm³/mol. The van der Waals surface area contributed by atoms with Crippen LogP contribution in [0.2, 0.25) is 0 Å². The number of hydrogen-bond acceptors (Lipinski definition) is 3. The van der Waals surface area contributed by atoms with Crippen molar-refractivity contribution in [3.63, 3.8) is 0 Å². The summed E-state index contributed by atoms with van der Waals surface area (Å²) in [4.78, 5) is 6.41. The van der Waals surface area contributed by atoms with Crippen molar-refractivity contribution in [2.24, 2.45) is 16.8 Å². The van der Waals surface area contributed by atoms with E-state index in [-0.39, 0.29) is 0 Å². The molecule has 0 saturated heterocycles. The normalized spacial score (nSPS) is 15.6.